The van der Waals surface area contributed by atoms with E-state index in [0.717, 1.165) is 36.6 Å². The monoisotopic (exact) mass is 347 g/mol. The highest BCUT2D eigenvalue weighted by Crippen LogP contribution is 2.37. The second-order valence-corrected chi connectivity index (χ2v) is 6.78. The SMILES string of the molecule is COc1ccc(CN2CCc3nc(C(C)C)ncc3C2)c(Cl)c1O. The van der Waals surface area contributed by atoms with E-state index in [1.807, 2.05) is 12.3 Å². The maximum Gasteiger partial charge on any atom is 0.177 e. The van der Waals surface area contributed by atoms with Gasteiger partial charge >= 0.3 is 0 Å². The third-order valence-electron chi connectivity index (χ3n) is 4.32. The average molecular weight is 348 g/mol. The molecule has 0 saturated heterocycles. The Kier molecular flexibility index (Phi) is 4.92. The van der Waals surface area contributed by atoms with Crippen LogP contribution in [0.1, 0.15) is 42.4 Å². The summed E-state index contributed by atoms with van der Waals surface area (Å²) in [4.78, 5) is 11.4. The second-order valence-electron chi connectivity index (χ2n) is 6.41. The van der Waals surface area contributed by atoms with Gasteiger partial charge in [-0.25, -0.2) is 9.97 Å². The molecule has 0 saturated carbocycles. The van der Waals surface area contributed by atoms with Gasteiger partial charge in [-0.05, 0) is 11.6 Å². The van der Waals surface area contributed by atoms with Gasteiger partial charge in [0.2, 0.25) is 0 Å². The number of halogens is 1. The summed E-state index contributed by atoms with van der Waals surface area (Å²) in [6, 6.07) is 3.64. The van der Waals surface area contributed by atoms with Gasteiger partial charge in [0.1, 0.15) is 5.82 Å². The molecule has 0 radical (unpaired) electrons. The summed E-state index contributed by atoms with van der Waals surface area (Å²) in [5.74, 6) is 1.64. The van der Waals surface area contributed by atoms with Crippen LogP contribution in [0.3, 0.4) is 0 Å². The first kappa shape index (κ1) is 17.0. The number of aromatic nitrogens is 2. The van der Waals surface area contributed by atoms with Crippen LogP contribution >= 0.6 is 11.6 Å². The number of phenolic OH excluding ortho intramolecular Hbond substituents is 1. The van der Waals surface area contributed by atoms with E-state index in [-0.39, 0.29) is 5.75 Å². The van der Waals surface area contributed by atoms with Crippen molar-refractivity contribution in [3.63, 3.8) is 0 Å². The van der Waals surface area contributed by atoms with Crippen molar-refractivity contribution >= 4 is 11.6 Å². The molecule has 24 heavy (non-hydrogen) atoms. The first-order chi connectivity index (χ1) is 11.5. The third-order valence-corrected chi connectivity index (χ3v) is 4.74. The molecule has 128 valence electrons. The summed E-state index contributed by atoms with van der Waals surface area (Å²) in [6.45, 7) is 6.58. The van der Waals surface area contributed by atoms with Crippen LogP contribution in [0, 0.1) is 0 Å². The van der Waals surface area contributed by atoms with E-state index in [1.165, 1.54) is 12.7 Å². The maximum absolute atomic E-state index is 10.1. The fourth-order valence-electron chi connectivity index (χ4n) is 2.92. The first-order valence-electron chi connectivity index (χ1n) is 8.11. The van der Waals surface area contributed by atoms with Gasteiger partial charge in [-0.3, -0.25) is 4.90 Å². The van der Waals surface area contributed by atoms with Crippen LogP contribution in [0.5, 0.6) is 11.5 Å². The van der Waals surface area contributed by atoms with Crippen molar-refractivity contribution in [2.45, 2.75) is 39.3 Å². The molecule has 0 unspecified atom stereocenters. The molecule has 1 aliphatic rings. The number of fused-ring (bicyclic) bond motifs is 1. The van der Waals surface area contributed by atoms with Crippen LogP contribution in [0.15, 0.2) is 18.3 Å². The lowest BCUT2D eigenvalue weighted by Gasteiger charge is -2.28. The zero-order chi connectivity index (χ0) is 17.3. The standard InChI is InChI=1S/C18H22ClN3O2/c1-11(2)18-20-8-13-10-22(7-6-14(13)21-18)9-12-4-5-15(24-3)17(23)16(12)19/h4-5,8,11,23H,6-7,9-10H2,1-3H3. The minimum atomic E-state index is -0.000940. The molecule has 1 aromatic carbocycles. The Bertz CT molecular complexity index is 749. The Labute approximate surface area is 147 Å². The van der Waals surface area contributed by atoms with Crippen LogP contribution < -0.4 is 4.74 Å². The molecule has 0 atom stereocenters. The topological polar surface area (TPSA) is 58.5 Å². The van der Waals surface area contributed by atoms with Gasteiger partial charge in [0.15, 0.2) is 11.5 Å². The Hall–Kier alpha value is -1.85. The van der Waals surface area contributed by atoms with E-state index in [1.54, 1.807) is 6.07 Å². The van der Waals surface area contributed by atoms with Crippen LogP contribution in [0.4, 0.5) is 0 Å². The largest absolute Gasteiger partial charge is 0.503 e. The smallest absolute Gasteiger partial charge is 0.177 e. The summed E-state index contributed by atoms with van der Waals surface area (Å²) >= 11 is 6.27. The number of hydrogen-bond acceptors (Lipinski definition) is 5. The van der Waals surface area contributed by atoms with E-state index in [0.29, 0.717) is 23.2 Å². The number of aromatic hydroxyl groups is 1. The van der Waals surface area contributed by atoms with Gasteiger partial charge in [-0.15, -0.1) is 0 Å². The molecule has 1 N–H and O–H groups in total. The van der Waals surface area contributed by atoms with Crippen LogP contribution in [0.2, 0.25) is 5.02 Å². The third kappa shape index (κ3) is 3.32. The van der Waals surface area contributed by atoms with Crippen molar-refractivity contribution in [3.05, 3.63) is 46.0 Å². The van der Waals surface area contributed by atoms with Crippen LogP contribution in [0.25, 0.3) is 0 Å². The van der Waals surface area contributed by atoms with Gasteiger partial charge in [0, 0.05) is 49.4 Å². The Morgan fingerprint density at radius 3 is 2.88 bits per heavy atom. The molecule has 0 amide bonds. The average Bonchev–Trinajstić information content (AvgIpc) is 2.58. The first-order valence-corrected chi connectivity index (χ1v) is 8.48. The van der Waals surface area contributed by atoms with E-state index < -0.39 is 0 Å². The van der Waals surface area contributed by atoms with Crippen molar-refractivity contribution in [1.82, 2.24) is 14.9 Å². The summed E-state index contributed by atoms with van der Waals surface area (Å²) in [7, 11) is 1.51. The molecular formula is C18H22ClN3O2. The van der Waals surface area contributed by atoms with E-state index in [9.17, 15) is 5.11 Å². The van der Waals surface area contributed by atoms with Crippen molar-refractivity contribution in [1.29, 1.82) is 0 Å². The summed E-state index contributed by atoms with van der Waals surface area (Å²) in [5.41, 5.74) is 3.20. The quantitative estimate of drug-likeness (QED) is 0.916. The number of benzene rings is 1. The van der Waals surface area contributed by atoms with Crippen molar-refractivity contribution < 1.29 is 9.84 Å². The molecule has 0 fully saturated rings. The number of rotatable bonds is 4. The number of methoxy groups -OCH3 is 1. The highest BCUT2D eigenvalue weighted by atomic mass is 35.5. The van der Waals surface area contributed by atoms with E-state index in [4.69, 9.17) is 16.3 Å². The van der Waals surface area contributed by atoms with E-state index in [2.05, 4.69) is 28.7 Å². The fraction of sp³-hybridized carbons (Fsp3) is 0.444. The lowest BCUT2D eigenvalue weighted by molar-refractivity contribution is 0.242. The summed E-state index contributed by atoms with van der Waals surface area (Å²) in [5, 5.41) is 10.4. The molecule has 2 aromatic rings. The fourth-order valence-corrected chi connectivity index (χ4v) is 3.14. The predicted octanol–water partition coefficient (Wildman–Crippen LogP) is 3.53. The normalized spacial score (nSPS) is 14.7. The molecule has 6 heteroatoms. The van der Waals surface area contributed by atoms with Gasteiger partial charge < -0.3 is 9.84 Å². The number of phenols is 1. The van der Waals surface area contributed by atoms with Crippen LogP contribution in [-0.4, -0.2) is 33.6 Å². The van der Waals surface area contributed by atoms with Gasteiger partial charge in [-0.1, -0.05) is 31.5 Å². The number of nitrogens with zero attached hydrogens (tertiary/aromatic N) is 3. The zero-order valence-corrected chi connectivity index (χ0v) is 15.0. The zero-order valence-electron chi connectivity index (χ0n) is 14.2. The Morgan fingerprint density at radius 1 is 1.38 bits per heavy atom. The molecule has 0 aliphatic carbocycles. The highest BCUT2D eigenvalue weighted by Gasteiger charge is 2.21. The molecule has 1 aliphatic heterocycles. The highest BCUT2D eigenvalue weighted by molar-refractivity contribution is 6.33. The molecule has 1 aromatic heterocycles. The van der Waals surface area contributed by atoms with Crippen molar-refractivity contribution in [3.8, 4) is 11.5 Å². The maximum atomic E-state index is 10.1. The van der Waals surface area contributed by atoms with Crippen molar-refractivity contribution in [2.24, 2.45) is 0 Å². The lowest BCUT2D eigenvalue weighted by Crippen LogP contribution is -2.31. The van der Waals surface area contributed by atoms with Gasteiger partial charge in [0.25, 0.3) is 0 Å². The second kappa shape index (κ2) is 6.95. The molecule has 5 nitrogen and oxygen atoms in total. The minimum Gasteiger partial charge on any atom is -0.503 e. The minimum absolute atomic E-state index is 0.000940. The summed E-state index contributed by atoms with van der Waals surface area (Å²) < 4.78 is 5.08. The molecular weight excluding hydrogens is 326 g/mol. The lowest BCUT2D eigenvalue weighted by atomic mass is 10.1. The van der Waals surface area contributed by atoms with Crippen molar-refractivity contribution in [2.75, 3.05) is 13.7 Å². The van der Waals surface area contributed by atoms with Gasteiger partial charge in [0.05, 0.1) is 12.1 Å². The van der Waals surface area contributed by atoms with E-state index >= 15 is 0 Å². The molecule has 0 spiro atoms. The predicted molar refractivity (Wildman–Crippen MR) is 93.6 cm³/mol. The molecule has 0 bridgehead atoms. The number of hydrogen-bond donors (Lipinski definition) is 1. The van der Waals surface area contributed by atoms with Crippen LogP contribution in [-0.2, 0) is 19.5 Å². The Morgan fingerprint density at radius 2 is 2.17 bits per heavy atom. The molecule has 3 rings (SSSR count). The molecule has 2 heterocycles. The Balaban J connectivity index is 1.76. The number of ether oxygens (including phenoxy) is 1. The summed E-state index contributed by atoms with van der Waals surface area (Å²) in [6.07, 6.45) is 2.84. The van der Waals surface area contributed by atoms with Gasteiger partial charge in [-0.2, -0.15) is 0 Å².